The molecule has 0 radical (unpaired) electrons. The van der Waals surface area contributed by atoms with Crippen molar-refractivity contribution >= 4 is 17.1 Å². The molecule has 38 heavy (non-hydrogen) atoms. The number of carbonyl (C=O) groups excluding carboxylic acids is 2. The highest BCUT2D eigenvalue weighted by Gasteiger charge is 2.69. The highest BCUT2D eigenvalue weighted by atomic mass is 16.3. The number of carbonyl (C=O) groups is 2. The lowest BCUT2D eigenvalue weighted by atomic mass is 9.43. The van der Waals surface area contributed by atoms with Gasteiger partial charge in [0, 0.05) is 16.4 Å². The number of Topliss-reactive ketones (excluding diaryl/α,β-unsaturated/α-hetero) is 2. The third kappa shape index (κ3) is 3.66. The van der Waals surface area contributed by atoms with Crippen molar-refractivity contribution in [3.63, 3.8) is 0 Å². The predicted octanol–water partition coefficient (Wildman–Crippen LogP) is 7.41. The molecular formula is C34H46O4. The standard InChI is InChI=1S/C34H46O4/c1-10-24(11-2)14-16-25-15-13-19(4)27-21(6)29-31(37)34(38)30(36)28(23(8)35)20(5)22(7)33(34,12-3)18-32(29,9)17-26(25)27/h13,15,22,24,37-38H,6,10-12,14,16-18H2,1-5,7-9H3/t22?,32-,33-,34+/m0/s1. The Balaban J connectivity index is 1.95. The molecule has 1 aromatic carbocycles. The first-order chi connectivity index (χ1) is 17.8. The molecule has 1 unspecified atom stereocenters. The van der Waals surface area contributed by atoms with Crippen LogP contribution in [0.1, 0.15) is 103 Å². The van der Waals surface area contributed by atoms with Gasteiger partial charge in [0.15, 0.2) is 11.4 Å². The molecule has 0 bridgehead atoms. The van der Waals surface area contributed by atoms with E-state index in [1.165, 1.54) is 30.9 Å². The molecule has 0 spiro atoms. The fourth-order valence-corrected chi connectivity index (χ4v) is 8.42. The van der Waals surface area contributed by atoms with E-state index in [-0.39, 0.29) is 23.0 Å². The molecule has 0 saturated heterocycles. The van der Waals surface area contributed by atoms with Crippen LogP contribution >= 0.6 is 0 Å². The number of hydrogen-bond acceptors (Lipinski definition) is 4. The molecule has 3 aliphatic carbocycles. The number of aliphatic hydroxyl groups excluding tert-OH is 1. The number of ketones is 2. The maximum absolute atomic E-state index is 14.0. The molecule has 4 atom stereocenters. The number of aryl methyl sites for hydroxylation is 2. The predicted molar refractivity (Wildman–Crippen MR) is 154 cm³/mol. The number of fused-ring (bicyclic) bond motifs is 3. The summed E-state index contributed by atoms with van der Waals surface area (Å²) >= 11 is 0. The van der Waals surface area contributed by atoms with E-state index in [1.54, 1.807) is 0 Å². The lowest BCUT2D eigenvalue weighted by molar-refractivity contribution is -0.168. The van der Waals surface area contributed by atoms with Gasteiger partial charge in [-0.3, -0.25) is 9.59 Å². The topological polar surface area (TPSA) is 74.6 Å². The minimum absolute atomic E-state index is 0.0292. The molecule has 4 heteroatoms. The Morgan fingerprint density at radius 3 is 2.37 bits per heavy atom. The molecule has 0 aliphatic heterocycles. The first-order valence-electron chi connectivity index (χ1n) is 14.5. The fraction of sp³-hybridized carbons (Fsp3) is 0.588. The number of benzene rings is 1. The van der Waals surface area contributed by atoms with E-state index >= 15 is 0 Å². The lowest BCUT2D eigenvalue weighted by Gasteiger charge is -2.61. The van der Waals surface area contributed by atoms with Crippen molar-refractivity contribution in [2.45, 2.75) is 106 Å². The Hall–Kier alpha value is -2.46. The second kappa shape index (κ2) is 9.62. The van der Waals surface area contributed by atoms with E-state index in [9.17, 15) is 19.8 Å². The first kappa shape index (κ1) is 28.5. The van der Waals surface area contributed by atoms with Gasteiger partial charge >= 0.3 is 0 Å². The number of rotatable bonds is 7. The summed E-state index contributed by atoms with van der Waals surface area (Å²) in [5.41, 5.74) is 3.20. The van der Waals surface area contributed by atoms with Crippen LogP contribution in [0.15, 0.2) is 41.2 Å². The smallest absolute Gasteiger partial charge is 0.206 e. The summed E-state index contributed by atoms with van der Waals surface area (Å²) in [6.07, 6.45) is 6.25. The number of aliphatic hydroxyl groups is 2. The summed E-state index contributed by atoms with van der Waals surface area (Å²) in [4.78, 5) is 26.5. The third-order valence-electron chi connectivity index (χ3n) is 10.8. The molecule has 4 nitrogen and oxygen atoms in total. The fourth-order valence-electron chi connectivity index (χ4n) is 8.42. The Morgan fingerprint density at radius 1 is 1.18 bits per heavy atom. The van der Waals surface area contributed by atoms with Crippen molar-refractivity contribution in [3.05, 3.63) is 63.4 Å². The molecule has 0 amide bonds. The molecule has 0 saturated carbocycles. The summed E-state index contributed by atoms with van der Waals surface area (Å²) in [5.74, 6) is -0.885. The lowest BCUT2D eigenvalue weighted by Crippen LogP contribution is -2.66. The van der Waals surface area contributed by atoms with Crippen LogP contribution < -0.4 is 0 Å². The van der Waals surface area contributed by atoms with Crippen molar-refractivity contribution in [1.29, 1.82) is 0 Å². The Morgan fingerprint density at radius 2 is 1.82 bits per heavy atom. The van der Waals surface area contributed by atoms with Gasteiger partial charge < -0.3 is 10.2 Å². The summed E-state index contributed by atoms with van der Waals surface area (Å²) < 4.78 is 0. The molecule has 3 aliphatic rings. The van der Waals surface area contributed by atoms with Gasteiger partial charge in [-0.15, -0.1) is 0 Å². The molecule has 0 aromatic heterocycles. The van der Waals surface area contributed by atoms with E-state index in [1.807, 2.05) is 20.8 Å². The monoisotopic (exact) mass is 518 g/mol. The van der Waals surface area contributed by atoms with Crippen molar-refractivity contribution < 1.29 is 19.8 Å². The van der Waals surface area contributed by atoms with Gasteiger partial charge in [0.2, 0.25) is 5.78 Å². The zero-order valence-electron chi connectivity index (χ0n) is 24.7. The van der Waals surface area contributed by atoms with Crippen LogP contribution in [0.4, 0.5) is 0 Å². The Bertz CT molecular complexity index is 1280. The summed E-state index contributed by atoms with van der Waals surface area (Å²) in [5, 5.41) is 24.3. The van der Waals surface area contributed by atoms with Crippen molar-refractivity contribution in [1.82, 2.24) is 0 Å². The minimum Gasteiger partial charge on any atom is -0.508 e. The first-order valence-corrected chi connectivity index (χ1v) is 14.5. The van der Waals surface area contributed by atoms with Crippen molar-refractivity contribution in [3.8, 4) is 0 Å². The molecule has 0 fully saturated rings. The Kier molecular flexibility index (Phi) is 7.23. The third-order valence-corrected chi connectivity index (χ3v) is 10.8. The largest absolute Gasteiger partial charge is 0.508 e. The van der Waals surface area contributed by atoms with Gasteiger partial charge in [-0.2, -0.15) is 0 Å². The molecule has 4 rings (SSSR count). The Labute approximate surface area is 228 Å². The van der Waals surface area contributed by atoms with Gasteiger partial charge in [-0.25, -0.2) is 0 Å². The molecule has 2 N–H and O–H groups in total. The van der Waals surface area contributed by atoms with E-state index in [2.05, 4.69) is 46.4 Å². The van der Waals surface area contributed by atoms with Gasteiger partial charge in [0.25, 0.3) is 0 Å². The highest BCUT2D eigenvalue weighted by molar-refractivity contribution is 6.24. The molecule has 0 heterocycles. The van der Waals surface area contributed by atoms with Crippen LogP contribution in [0.2, 0.25) is 0 Å². The number of hydrogen-bond donors (Lipinski definition) is 2. The molecular weight excluding hydrogens is 472 g/mol. The van der Waals surface area contributed by atoms with Crippen molar-refractivity contribution in [2.24, 2.45) is 22.7 Å². The molecule has 1 aromatic rings. The summed E-state index contributed by atoms with van der Waals surface area (Å²) in [6, 6.07) is 4.39. The van der Waals surface area contributed by atoms with Crippen LogP contribution in [0.5, 0.6) is 0 Å². The van der Waals surface area contributed by atoms with Crippen LogP contribution in [-0.4, -0.2) is 27.4 Å². The van der Waals surface area contributed by atoms with E-state index in [4.69, 9.17) is 0 Å². The maximum atomic E-state index is 14.0. The maximum Gasteiger partial charge on any atom is 0.206 e. The average Bonchev–Trinajstić information content (AvgIpc) is 2.86. The zero-order chi connectivity index (χ0) is 28.4. The second-order valence-corrected chi connectivity index (χ2v) is 12.6. The van der Waals surface area contributed by atoms with E-state index in [0.29, 0.717) is 35.5 Å². The number of allylic oxidation sites excluding steroid dienone is 3. The van der Waals surface area contributed by atoms with Crippen molar-refractivity contribution in [2.75, 3.05) is 0 Å². The van der Waals surface area contributed by atoms with Crippen LogP contribution in [-0.2, 0) is 22.4 Å². The van der Waals surface area contributed by atoms with Gasteiger partial charge in [0.1, 0.15) is 5.76 Å². The second-order valence-electron chi connectivity index (χ2n) is 12.6. The minimum atomic E-state index is -2.15. The zero-order valence-corrected chi connectivity index (χ0v) is 24.7. The van der Waals surface area contributed by atoms with Crippen LogP contribution in [0.3, 0.4) is 0 Å². The quantitative estimate of drug-likeness (QED) is 0.369. The summed E-state index contributed by atoms with van der Waals surface area (Å²) in [7, 11) is 0. The highest BCUT2D eigenvalue weighted by Crippen LogP contribution is 2.66. The SMILES string of the molecule is C=C1C2=C(O)[C@]3(O)C(=O)C(C(C)=O)=C(C)C(C)[C@]3(CC)C[C@]2(C)Cc2c(CCC(CC)CC)ccc(C)c21. The van der Waals surface area contributed by atoms with E-state index < -0.39 is 22.2 Å². The van der Waals surface area contributed by atoms with Crippen LogP contribution in [0, 0.1) is 29.6 Å². The van der Waals surface area contributed by atoms with Gasteiger partial charge in [-0.1, -0.05) is 71.7 Å². The van der Waals surface area contributed by atoms with Crippen LogP contribution in [0.25, 0.3) is 5.57 Å². The van der Waals surface area contributed by atoms with Gasteiger partial charge in [-0.05, 0) is 92.5 Å². The van der Waals surface area contributed by atoms with Gasteiger partial charge in [0.05, 0.1) is 5.57 Å². The van der Waals surface area contributed by atoms with E-state index in [0.717, 1.165) is 30.4 Å². The molecule has 206 valence electrons. The summed E-state index contributed by atoms with van der Waals surface area (Å²) in [6.45, 7) is 20.4. The normalized spacial score (nSPS) is 30.9. The average molecular weight is 519 g/mol.